The van der Waals surface area contributed by atoms with Gasteiger partial charge in [0.05, 0.1) is 19.3 Å². The van der Waals surface area contributed by atoms with Gasteiger partial charge in [-0.25, -0.2) is 0 Å². The topological polar surface area (TPSA) is 43.3 Å². The van der Waals surface area contributed by atoms with Crippen molar-refractivity contribution in [1.82, 2.24) is 15.1 Å². The number of aliphatic imine (C=N–C) groups is 1. The molecule has 30 heavy (non-hydrogen) atoms. The van der Waals surface area contributed by atoms with Crippen LogP contribution in [0.4, 0.5) is 18.9 Å². The zero-order valence-electron chi connectivity index (χ0n) is 17.9. The van der Waals surface area contributed by atoms with Crippen molar-refractivity contribution in [2.45, 2.75) is 19.5 Å². The second kappa shape index (κ2) is 13.1. The number of ether oxygens (including phenoxy) is 1. The molecule has 1 aliphatic rings. The van der Waals surface area contributed by atoms with Crippen molar-refractivity contribution in [2.75, 3.05) is 71.4 Å². The van der Waals surface area contributed by atoms with Gasteiger partial charge in [-0.05, 0) is 39.1 Å². The number of nitrogens with one attached hydrogen (secondary N) is 1. The third kappa shape index (κ3) is 8.75. The standard InChI is InChI=1S/C20H32F3N5O.HI/c1-4-24-19(25-10-7-11-26(2)16-20(21,22)23)28-14-12-27(13-15-28)17-8-5-6-9-18(17)29-3;/h5-6,8-9H,4,7,10-16H2,1-3H3,(H,24,25);1H. The monoisotopic (exact) mass is 543 g/mol. The van der Waals surface area contributed by atoms with Crippen LogP contribution >= 0.6 is 24.0 Å². The summed E-state index contributed by atoms with van der Waals surface area (Å²) in [6.07, 6.45) is -3.57. The highest BCUT2D eigenvalue weighted by Gasteiger charge is 2.28. The van der Waals surface area contributed by atoms with Crippen LogP contribution in [0.25, 0.3) is 0 Å². The Hall–Kier alpha value is -1.43. The Kier molecular flexibility index (Phi) is 11.6. The van der Waals surface area contributed by atoms with Gasteiger partial charge in [0.2, 0.25) is 0 Å². The van der Waals surface area contributed by atoms with E-state index < -0.39 is 12.7 Å². The second-order valence-electron chi connectivity index (χ2n) is 7.09. The maximum absolute atomic E-state index is 12.4. The van der Waals surface area contributed by atoms with Crippen LogP contribution in [0.2, 0.25) is 0 Å². The number of hydrogen-bond acceptors (Lipinski definition) is 4. The lowest BCUT2D eigenvalue weighted by atomic mass is 10.2. The molecule has 1 saturated heterocycles. The van der Waals surface area contributed by atoms with Crippen molar-refractivity contribution in [1.29, 1.82) is 0 Å². The predicted molar refractivity (Wildman–Crippen MR) is 126 cm³/mol. The fourth-order valence-electron chi connectivity index (χ4n) is 3.39. The summed E-state index contributed by atoms with van der Waals surface area (Å²) in [6.45, 7) is 6.06. The molecule has 1 fully saturated rings. The van der Waals surface area contributed by atoms with Crippen LogP contribution in [0.15, 0.2) is 29.3 Å². The van der Waals surface area contributed by atoms with Crippen molar-refractivity contribution in [3.8, 4) is 5.75 Å². The minimum absolute atomic E-state index is 0. The molecule has 0 radical (unpaired) electrons. The van der Waals surface area contributed by atoms with Gasteiger partial charge in [0.15, 0.2) is 5.96 Å². The SMILES string of the molecule is CCNC(=NCCCN(C)CC(F)(F)F)N1CCN(c2ccccc2OC)CC1.I. The Bertz CT molecular complexity index is 652. The maximum Gasteiger partial charge on any atom is 0.401 e. The van der Waals surface area contributed by atoms with E-state index >= 15 is 0 Å². The summed E-state index contributed by atoms with van der Waals surface area (Å²) in [7, 11) is 3.16. The molecular weight excluding hydrogens is 510 g/mol. The lowest BCUT2D eigenvalue weighted by Gasteiger charge is -2.38. The first-order valence-electron chi connectivity index (χ1n) is 10.0. The number of hydrogen-bond donors (Lipinski definition) is 1. The van der Waals surface area contributed by atoms with Crippen molar-refractivity contribution in [3.05, 3.63) is 24.3 Å². The van der Waals surface area contributed by atoms with Crippen molar-refractivity contribution in [3.63, 3.8) is 0 Å². The third-order valence-corrected chi connectivity index (χ3v) is 4.75. The minimum Gasteiger partial charge on any atom is -0.495 e. The van der Waals surface area contributed by atoms with Gasteiger partial charge in [-0.1, -0.05) is 12.1 Å². The first-order chi connectivity index (χ1) is 13.8. The van der Waals surface area contributed by atoms with Crippen LogP contribution in [-0.4, -0.2) is 88.5 Å². The molecule has 0 unspecified atom stereocenters. The molecule has 2 rings (SSSR count). The number of piperazine rings is 1. The molecule has 1 aromatic rings. The van der Waals surface area contributed by atoms with Crippen LogP contribution in [0.5, 0.6) is 5.75 Å². The molecule has 0 amide bonds. The van der Waals surface area contributed by atoms with E-state index in [4.69, 9.17) is 4.74 Å². The highest BCUT2D eigenvalue weighted by atomic mass is 127. The van der Waals surface area contributed by atoms with Gasteiger partial charge >= 0.3 is 6.18 Å². The van der Waals surface area contributed by atoms with Gasteiger partial charge in [-0.2, -0.15) is 13.2 Å². The van der Waals surface area contributed by atoms with Crippen LogP contribution in [0, 0.1) is 0 Å². The number of halogens is 4. The minimum atomic E-state index is -4.16. The molecule has 1 aromatic carbocycles. The van der Waals surface area contributed by atoms with E-state index in [0.29, 0.717) is 19.5 Å². The average molecular weight is 543 g/mol. The summed E-state index contributed by atoms with van der Waals surface area (Å²) in [4.78, 5) is 10.4. The largest absolute Gasteiger partial charge is 0.495 e. The number of guanidine groups is 1. The molecule has 0 aromatic heterocycles. The Balaban J connectivity index is 0.00000450. The molecule has 1 aliphatic heterocycles. The van der Waals surface area contributed by atoms with Gasteiger partial charge in [0.25, 0.3) is 0 Å². The van der Waals surface area contributed by atoms with Crippen LogP contribution in [0.1, 0.15) is 13.3 Å². The van der Waals surface area contributed by atoms with Crippen LogP contribution in [-0.2, 0) is 0 Å². The smallest absolute Gasteiger partial charge is 0.401 e. The quantitative estimate of drug-likeness (QED) is 0.236. The molecule has 6 nitrogen and oxygen atoms in total. The van der Waals surface area contributed by atoms with Gasteiger partial charge in [-0.15, -0.1) is 24.0 Å². The van der Waals surface area contributed by atoms with E-state index in [1.54, 1.807) is 7.11 Å². The number of para-hydroxylation sites is 2. The molecule has 1 heterocycles. The summed E-state index contributed by atoms with van der Waals surface area (Å²) in [5.74, 6) is 1.69. The number of anilines is 1. The second-order valence-corrected chi connectivity index (χ2v) is 7.09. The molecule has 0 saturated carbocycles. The number of methoxy groups -OCH3 is 1. The highest BCUT2D eigenvalue weighted by Crippen LogP contribution is 2.28. The zero-order chi connectivity index (χ0) is 21.3. The molecule has 1 N–H and O–H groups in total. The number of benzene rings is 1. The molecule has 10 heteroatoms. The van der Waals surface area contributed by atoms with E-state index in [2.05, 4.69) is 26.2 Å². The number of nitrogens with zero attached hydrogens (tertiary/aromatic N) is 4. The third-order valence-electron chi connectivity index (χ3n) is 4.75. The molecule has 0 bridgehead atoms. The first kappa shape index (κ1) is 26.6. The van der Waals surface area contributed by atoms with Crippen molar-refractivity contribution in [2.24, 2.45) is 4.99 Å². The Morgan fingerprint density at radius 3 is 2.47 bits per heavy atom. The maximum atomic E-state index is 12.4. The summed E-state index contributed by atoms with van der Waals surface area (Å²) in [5, 5.41) is 3.29. The number of rotatable bonds is 8. The summed E-state index contributed by atoms with van der Waals surface area (Å²) in [5.41, 5.74) is 1.09. The molecule has 0 spiro atoms. The molecule has 0 atom stereocenters. The average Bonchev–Trinajstić information content (AvgIpc) is 2.69. The molecular formula is C20H33F3IN5O. The Labute approximate surface area is 194 Å². The molecule has 0 aliphatic carbocycles. The van der Waals surface area contributed by atoms with E-state index in [1.165, 1.54) is 11.9 Å². The van der Waals surface area contributed by atoms with Gasteiger partial charge in [-0.3, -0.25) is 9.89 Å². The Morgan fingerprint density at radius 2 is 1.87 bits per heavy atom. The summed E-state index contributed by atoms with van der Waals surface area (Å²) in [6, 6.07) is 7.99. The number of alkyl halides is 3. The van der Waals surface area contributed by atoms with Gasteiger partial charge in [0.1, 0.15) is 5.75 Å². The van der Waals surface area contributed by atoms with Gasteiger partial charge in [0, 0.05) is 39.3 Å². The zero-order valence-corrected chi connectivity index (χ0v) is 20.2. The van der Waals surface area contributed by atoms with Crippen molar-refractivity contribution < 1.29 is 17.9 Å². The summed E-state index contributed by atoms with van der Waals surface area (Å²) >= 11 is 0. The first-order valence-corrected chi connectivity index (χ1v) is 10.0. The van der Waals surface area contributed by atoms with Crippen molar-refractivity contribution >= 4 is 35.6 Å². The summed E-state index contributed by atoms with van der Waals surface area (Å²) < 4.78 is 42.6. The fraction of sp³-hybridized carbons (Fsp3) is 0.650. The highest BCUT2D eigenvalue weighted by molar-refractivity contribution is 14.0. The van der Waals surface area contributed by atoms with Crippen LogP contribution < -0.4 is 15.0 Å². The van der Waals surface area contributed by atoms with Crippen LogP contribution in [0.3, 0.4) is 0 Å². The Morgan fingerprint density at radius 1 is 1.20 bits per heavy atom. The lowest BCUT2D eigenvalue weighted by Crippen LogP contribution is -2.52. The predicted octanol–water partition coefficient (Wildman–Crippen LogP) is 3.28. The van der Waals surface area contributed by atoms with E-state index in [-0.39, 0.29) is 24.0 Å². The van der Waals surface area contributed by atoms with E-state index in [9.17, 15) is 13.2 Å². The van der Waals surface area contributed by atoms with Gasteiger partial charge < -0.3 is 19.9 Å². The van der Waals surface area contributed by atoms with E-state index in [1.807, 2.05) is 25.1 Å². The normalized spacial score (nSPS) is 15.2. The lowest BCUT2D eigenvalue weighted by molar-refractivity contribution is -0.143. The fourth-order valence-corrected chi connectivity index (χ4v) is 3.39. The van der Waals surface area contributed by atoms with E-state index in [0.717, 1.165) is 50.1 Å². The molecule has 172 valence electrons.